The third-order valence-electron chi connectivity index (χ3n) is 22.5. The molecule has 0 saturated carbocycles. The largest absolute Gasteiger partial charge is 0.256 e. The molecular weight excluding hydrogens is 1290 g/mol. The summed E-state index contributed by atoms with van der Waals surface area (Å²) in [4.78, 5) is 32.2. The van der Waals surface area contributed by atoms with Crippen molar-refractivity contribution in [3.05, 3.63) is 362 Å². The molecule has 0 spiro atoms. The highest BCUT2D eigenvalue weighted by Gasteiger charge is 2.38. The van der Waals surface area contributed by atoms with Crippen molar-refractivity contribution in [2.45, 2.75) is 38.5 Å². The molecule has 2 aliphatic carbocycles. The van der Waals surface area contributed by atoms with E-state index in [9.17, 15) is 0 Å². The molecule has 0 radical (unpaired) electrons. The fraction of sp³-hybridized carbons (Fsp3) is 0.0600. The lowest BCUT2D eigenvalue weighted by Gasteiger charge is -2.22. The maximum absolute atomic E-state index is 5.67. The van der Waals surface area contributed by atoms with Crippen LogP contribution < -0.4 is 0 Å². The lowest BCUT2D eigenvalue weighted by molar-refractivity contribution is 0.660. The van der Waals surface area contributed by atoms with Gasteiger partial charge in [0.2, 0.25) is 0 Å². The number of hydrogen-bond donors (Lipinski definition) is 0. The van der Waals surface area contributed by atoms with E-state index in [0.29, 0.717) is 11.6 Å². The van der Waals surface area contributed by atoms with E-state index >= 15 is 0 Å². The van der Waals surface area contributed by atoms with Crippen molar-refractivity contribution < 1.29 is 0 Å². The molecule has 498 valence electrons. The molecule has 106 heavy (non-hydrogen) atoms. The van der Waals surface area contributed by atoms with Crippen LogP contribution in [0.25, 0.3) is 189 Å². The second-order valence-electron chi connectivity index (χ2n) is 29.3. The Bertz CT molecular complexity index is 6570. The van der Waals surface area contributed by atoms with E-state index in [2.05, 4.69) is 343 Å². The van der Waals surface area contributed by atoms with E-state index in [0.717, 1.165) is 127 Å². The standard InChI is InChI=1S/C100H68N6/c1-99(2)84-55-72(64-37-35-62(36-38-64)61-22-10-5-11-23-61)43-47-76(84)78-49-45-75(57-86(78)99)98-103-60-83-81-51-52-88(104-94(81)91(68-28-16-8-17-29-68)92(96(83)106-98)69-30-18-9-19-31-69)65-41-39-63(40-42-65)70-32-20-33-71(54-70)73-44-48-77-79-50-46-74(58-87(79)100(3,4)85(77)56-73)97-102-59-82-80-34-21-53-101-93(80)89(66-24-12-6-13-25-66)90(95(82)105-97)67-26-14-7-15-27-67/h5-60H,1-4H3. The molecule has 20 rings (SSSR count). The molecule has 4 aromatic heterocycles. The van der Waals surface area contributed by atoms with Crippen LogP contribution in [-0.2, 0) is 10.8 Å². The minimum absolute atomic E-state index is 0.262. The maximum Gasteiger partial charge on any atom is 0.159 e. The number of rotatable bonds is 11. The van der Waals surface area contributed by atoms with Gasteiger partial charge in [0.15, 0.2) is 11.6 Å². The van der Waals surface area contributed by atoms with Gasteiger partial charge in [-0.3, -0.25) is 4.98 Å². The van der Waals surface area contributed by atoms with E-state index in [1.165, 1.54) is 72.3 Å². The number of pyridine rings is 2. The third kappa shape index (κ3) is 10.2. The fourth-order valence-corrected chi connectivity index (χ4v) is 17.0. The first-order valence-electron chi connectivity index (χ1n) is 36.5. The van der Waals surface area contributed by atoms with Crippen molar-refractivity contribution in [1.29, 1.82) is 0 Å². The quantitative estimate of drug-likeness (QED) is 0.120. The highest BCUT2D eigenvalue weighted by atomic mass is 14.9. The van der Waals surface area contributed by atoms with Crippen molar-refractivity contribution in [1.82, 2.24) is 29.9 Å². The summed E-state index contributed by atoms with van der Waals surface area (Å²) in [5.41, 5.74) is 35.0. The average Bonchev–Trinajstić information content (AvgIpc) is 0.994. The predicted octanol–water partition coefficient (Wildman–Crippen LogP) is 25.6. The lowest BCUT2D eigenvalue weighted by Crippen LogP contribution is -2.15. The van der Waals surface area contributed by atoms with Crippen molar-refractivity contribution in [2.24, 2.45) is 0 Å². The smallest absolute Gasteiger partial charge is 0.159 e. The van der Waals surface area contributed by atoms with Crippen molar-refractivity contribution >= 4 is 43.6 Å². The molecule has 0 bridgehead atoms. The van der Waals surface area contributed by atoms with Crippen LogP contribution in [0.5, 0.6) is 0 Å². The zero-order chi connectivity index (χ0) is 70.8. The molecule has 18 aromatic rings. The number of nitrogens with zero attached hydrogens (tertiary/aromatic N) is 6. The molecule has 0 unspecified atom stereocenters. The number of fused-ring (bicyclic) bond motifs is 12. The van der Waals surface area contributed by atoms with E-state index in [-0.39, 0.29) is 10.8 Å². The average molecular weight is 1350 g/mol. The Balaban J connectivity index is 0.610. The summed E-state index contributed by atoms with van der Waals surface area (Å²) in [6, 6.07) is 116. The summed E-state index contributed by atoms with van der Waals surface area (Å²) in [7, 11) is 0. The molecule has 14 aromatic carbocycles. The van der Waals surface area contributed by atoms with E-state index in [4.69, 9.17) is 29.9 Å². The molecule has 6 nitrogen and oxygen atoms in total. The van der Waals surface area contributed by atoms with Gasteiger partial charge in [-0.15, -0.1) is 0 Å². The molecule has 0 atom stereocenters. The van der Waals surface area contributed by atoms with Crippen molar-refractivity contribution in [3.63, 3.8) is 0 Å². The van der Waals surface area contributed by atoms with Gasteiger partial charge < -0.3 is 0 Å². The Morgan fingerprint density at radius 3 is 0.962 bits per heavy atom. The first-order chi connectivity index (χ1) is 52.1. The normalized spacial score (nSPS) is 13.1. The Labute approximate surface area is 615 Å². The first-order valence-corrected chi connectivity index (χ1v) is 36.5. The van der Waals surface area contributed by atoms with Gasteiger partial charge >= 0.3 is 0 Å². The van der Waals surface area contributed by atoms with E-state index < -0.39 is 0 Å². The molecule has 0 fully saturated rings. The Kier molecular flexibility index (Phi) is 14.5. The molecule has 0 saturated heterocycles. The van der Waals surface area contributed by atoms with Gasteiger partial charge in [-0.1, -0.05) is 301 Å². The van der Waals surface area contributed by atoms with Gasteiger partial charge in [-0.25, -0.2) is 24.9 Å². The Morgan fingerprint density at radius 1 is 0.208 bits per heavy atom. The summed E-state index contributed by atoms with van der Waals surface area (Å²) >= 11 is 0. The SMILES string of the molecule is CC1(C)c2cc(-c3cccc(-c4ccc(-c5ccc6c(n5)c(-c5ccccc5)c(-c5ccccc5)c5nc(-c7ccc8c(c7)C(C)(C)c7cc(-c9ccc(-c%10ccccc%10)cc9)ccc7-8)ncc56)cc4)c3)ccc2-c2ccc(-c3ncc4c(n3)c(-c3ccccc3)c(-c3ccccc3)c3ncccc34)cc21. The highest BCUT2D eigenvalue weighted by Crippen LogP contribution is 2.54. The van der Waals surface area contributed by atoms with Gasteiger partial charge in [0.05, 0.1) is 27.8 Å². The summed E-state index contributed by atoms with van der Waals surface area (Å²) in [5.74, 6) is 1.37. The Morgan fingerprint density at radius 2 is 0.519 bits per heavy atom. The van der Waals surface area contributed by atoms with Crippen LogP contribution in [0.2, 0.25) is 0 Å². The van der Waals surface area contributed by atoms with Crippen LogP contribution in [0, 0.1) is 0 Å². The Hall–Kier alpha value is -13.4. The minimum atomic E-state index is -0.300. The topological polar surface area (TPSA) is 77.3 Å². The summed E-state index contributed by atoms with van der Waals surface area (Å²) in [6.07, 6.45) is 5.90. The summed E-state index contributed by atoms with van der Waals surface area (Å²) < 4.78 is 0. The highest BCUT2D eigenvalue weighted by molar-refractivity contribution is 6.21. The molecule has 0 N–H and O–H groups in total. The third-order valence-corrected chi connectivity index (χ3v) is 22.5. The number of aromatic nitrogens is 6. The monoisotopic (exact) mass is 1350 g/mol. The number of hydrogen-bond acceptors (Lipinski definition) is 6. The van der Waals surface area contributed by atoms with E-state index in [1.54, 1.807) is 0 Å². The van der Waals surface area contributed by atoms with Crippen LogP contribution in [0.4, 0.5) is 0 Å². The van der Waals surface area contributed by atoms with E-state index in [1.807, 2.05) is 24.7 Å². The van der Waals surface area contributed by atoms with Gasteiger partial charge in [-0.2, -0.15) is 0 Å². The van der Waals surface area contributed by atoms with Gasteiger partial charge in [0.25, 0.3) is 0 Å². The molecule has 6 heteroatoms. The molecule has 2 aliphatic rings. The van der Waals surface area contributed by atoms with Crippen molar-refractivity contribution in [2.75, 3.05) is 0 Å². The van der Waals surface area contributed by atoms with Crippen LogP contribution in [0.3, 0.4) is 0 Å². The van der Waals surface area contributed by atoms with Gasteiger partial charge in [-0.05, 0) is 160 Å². The second kappa shape index (κ2) is 24.7. The lowest BCUT2D eigenvalue weighted by atomic mass is 9.81. The zero-order valence-electron chi connectivity index (χ0n) is 59.0. The molecular formula is C100H68N6. The number of benzene rings is 14. The van der Waals surface area contributed by atoms with Crippen LogP contribution >= 0.6 is 0 Å². The molecule has 0 amide bonds. The predicted molar refractivity (Wildman–Crippen MR) is 438 cm³/mol. The van der Waals surface area contributed by atoms with Crippen molar-refractivity contribution in [3.8, 4) is 145 Å². The van der Waals surface area contributed by atoms with Gasteiger partial charge in [0, 0.05) is 89.9 Å². The fourth-order valence-electron chi connectivity index (χ4n) is 17.0. The van der Waals surface area contributed by atoms with Crippen LogP contribution in [0.15, 0.2) is 340 Å². The summed E-state index contributed by atoms with van der Waals surface area (Å²) in [6.45, 7) is 9.39. The summed E-state index contributed by atoms with van der Waals surface area (Å²) in [5, 5.41) is 3.95. The minimum Gasteiger partial charge on any atom is -0.256 e. The molecule has 0 aliphatic heterocycles. The van der Waals surface area contributed by atoms with Crippen LogP contribution in [0.1, 0.15) is 49.9 Å². The first kappa shape index (κ1) is 62.4. The van der Waals surface area contributed by atoms with Gasteiger partial charge in [0.1, 0.15) is 0 Å². The van der Waals surface area contributed by atoms with Crippen LogP contribution in [-0.4, -0.2) is 29.9 Å². The molecule has 4 heterocycles. The second-order valence-corrected chi connectivity index (χ2v) is 29.3. The maximum atomic E-state index is 5.67. The zero-order valence-corrected chi connectivity index (χ0v) is 59.0.